The fourth-order valence-corrected chi connectivity index (χ4v) is 6.46. The van der Waals surface area contributed by atoms with Gasteiger partial charge in [0.15, 0.2) is 0 Å². The largest absolute Gasteiger partial charge is 0.354 e. The first-order valence-electron chi connectivity index (χ1n) is 10.2. The lowest BCUT2D eigenvalue weighted by atomic mass is 10.0. The number of fused-ring (bicyclic) bond motifs is 3. The SMILES string of the molecule is Cc1ccc2c(c1)-c1ccccc1S(=O)(=O)N2CC(=O)NCCSCc1ccccc1Cl. The molecule has 0 bridgehead atoms. The molecule has 0 aliphatic carbocycles. The number of thioether (sulfide) groups is 1. The van der Waals surface area contributed by atoms with Gasteiger partial charge in [0.1, 0.15) is 6.54 Å². The smallest absolute Gasteiger partial charge is 0.265 e. The molecule has 32 heavy (non-hydrogen) atoms. The predicted octanol–water partition coefficient (Wildman–Crippen LogP) is 4.87. The van der Waals surface area contributed by atoms with Gasteiger partial charge in [-0.2, -0.15) is 11.8 Å². The van der Waals surface area contributed by atoms with Gasteiger partial charge in [0.05, 0.1) is 10.6 Å². The summed E-state index contributed by atoms with van der Waals surface area (Å²) in [5, 5.41) is 3.57. The average Bonchev–Trinajstić information content (AvgIpc) is 2.78. The fourth-order valence-electron chi connectivity index (χ4n) is 3.66. The molecule has 0 spiro atoms. The normalized spacial score (nSPS) is 13.9. The topological polar surface area (TPSA) is 66.5 Å². The second-order valence-electron chi connectivity index (χ2n) is 7.52. The van der Waals surface area contributed by atoms with Gasteiger partial charge in [0.25, 0.3) is 10.0 Å². The number of hydrogen-bond acceptors (Lipinski definition) is 4. The summed E-state index contributed by atoms with van der Waals surface area (Å²) in [4.78, 5) is 12.9. The summed E-state index contributed by atoms with van der Waals surface area (Å²) >= 11 is 7.82. The molecule has 3 aromatic rings. The van der Waals surface area contributed by atoms with Gasteiger partial charge in [0, 0.05) is 34.2 Å². The zero-order chi connectivity index (χ0) is 22.7. The Morgan fingerprint density at radius 1 is 1.03 bits per heavy atom. The van der Waals surface area contributed by atoms with Crippen LogP contribution < -0.4 is 9.62 Å². The van der Waals surface area contributed by atoms with Gasteiger partial charge < -0.3 is 5.32 Å². The van der Waals surface area contributed by atoms with E-state index < -0.39 is 10.0 Å². The molecule has 0 atom stereocenters. The highest BCUT2D eigenvalue weighted by Crippen LogP contribution is 2.43. The summed E-state index contributed by atoms with van der Waals surface area (Å²) in [6.07, 6.45) is 0. The summed E-state index contributed by atoms with van der Waals surface area (Å²) < 4.78 is 27.8. The third-order valence-corrected chi connectivity index (χ3v) is 8.43. The molecule has 166 valence electrons. The van der Waals surface area contributed by atoms with E-state index in [2.05, 4.69) is 5.32 Å². The van der Waals surface area contributed by atoms with Crippen molar-refractivity contribution < 1.29 is 13.2 Å². The summed E-state index contributed by atoms with van der Waals surface area (Å²) in [5.41, 5.74) is 4.09. The Balaban J connectivity index is 1.42. The van der Waals surface area contributed by atoms with Crippen LogP contribution in [0.1, 0.15) is 11.1 Å². The minimum absolute atomic E-state index is 0.223. The molecule has 5 nitrogen and oxygen atoms in total. The Kier molecular flexibility index (Phi) is 6.79. The lowest BCUT2D eigenvalue weighted by Crippen LogP contribution is -2.43. The summed E-state index contributed by atoms with van der Waals surface area (Å²) in [6, 6.07) is 20.2. The number of benzene rings is 3. The van der Waals surface area contributed by atoms with Crippen molar-refractivity contribution in [2.24, 2.45) is 0 Å². The Hall–Kier alpha value is -2.48. The van der Waals surface area contributed by atoms with Gasteiger partial charge >= 0.3 is 0 Å². The number of amides is 1. The highest BCUT2D eigenvalue weighted by molar-refractivity contribution is 7.98. The van der Waals surface area contributed by atoms with Crippen molar-refractivity contribution in [1.82, 2.24) is 5.32 Å². The second-order valence-corrected chi connectivity index (χ2v) is 10.9. The standard InChI is InChI=1S/C24H23ClN2O3S2/c1-17-10-11-22-20(14-17)19-7-3-5-9-23(19)32(29,30)27(22)15-24(28)26-12-13-31-16-18-6-2-4-8-21(18)25/h2-11,14H,12-13,15-16H2,1H3,(H,26,28). The maximum atomic E-state index is 13.3. The first-order valence-corrected chi connectivity index (χ1v) is 13.2. The van der Waals surface area contributed by atoms with Crippen molar-refractivity contribution in [3.8, 4) is 11.1 Å². The molecule has 3 aromatic carbocycles. The maximum Gasteiger partial charge on any atom is 0.265 e. The van der Waals surface area contributed by atoms with E-state index in [1.165, 1.54) is 4.31 Å². The second kappa shape index (κ2) is 9.57. The Morgan fingerprint density at radius 3 is 2.59 bits per heavy atom. The van der Waals surface area contributed by atoms with Crippen LogP contribution in [0.3, 0.4) is 0 Å². The highest BCUT2D eigenvalue weighted by Gasteiger charge is 2.35. The van der Waals surface area contributed by atoms with E-state index in [0.717, 1.165) is 27.5 Å². The van der Waals surface area contributed by atoms with E-state index in [-0.39, 0.29) is 17.3 Å². The third-order valence-electron chi connectivity index (χ3n) is 5.24. The van der Waals surface area contributed by atoms with Crippen molar-refractivity contribution >= 4 is 45.0 Å². The molecule has 0 saturated carbocycles. The van der Waals surface area contributed by atoms with Gasteiger partial charge in [-0.15, -0.1) is 0 Å². The van der Waals surface area contributed by atoms with E-state index in [1.807, 2.05) is 49.4 Å². The molecule has 1 aliphatic heterocycles. The molecule has 0 fully saturated rings. The quantitative estimate of drug-likeness (QED) is 0.483. The molecule has 1 N–H and O–H groups in total. The monoisotopic (exact) mass is 486 g/mol. The first kappa shape index (κ1) is 22.7. The molecule has 8 heteroatoms. The molecule has 0 saturated heterocycles. The van der Waals surface area contributed by atoms with Crippen LogP contribution in [0.4, 0.5) is 5.69 Å². The number of halogens is 1. The molecular weight excluding hydrogens is 464 g/mol. The number of aryl methyl sites for hydroxylation is 1. The Bertz CT molecular complexity index is 1260. The molecule has 0 radical (unpaired) electrons. The van der Waals surface area contributed by atoms with Crippen molar-refractivity contribution in [1.29, 1.82) is 0 Å². The molecule has 0 aromatic heterocycles. The van der Waals surface area contributed by atoms with Crippen molar-refractivity contribution in [3.63, 3.8) is 0 Å². The van der Waals surface area contributed by atoms with Gasteiger partial charge in [-0.1, -0.05) is 59.6 Å². The summed E-state index contributed by atoms with van der Waals surface area (Å²) in [6.45, 7) is 2.14. The van der Waals surface area contributed by atoms with Crippen LogP contribution in [0.2, 0.25) is 5.02 Å². The van der Waals surface area contributed by atoms with Gasteiger partial charge in [0.2, 0.25) is 5.91 Å². The van der Waals surface area contributed by atoms with Crippen LogP contribution in [0, 0.1) is 6.92 Å². The van der Waals surface area contributed by atoms with E-state index in [4.69, 9.17) is 11.6 Å². The van der Waals surface area contributed by atoms with E-state index in [9.17, 15) is 13.2 Å². The van der Waals surface area contributed by atoms with Gasteiger partial charge in [-0.25, -0.2) is 8.42 Å². The minimum atomic E-state index is -3.83. The lowest BCUT2D eigenvalue weighted by molar-refractivity contribution is -0.119. The van der Waals surface area contributed by atoms with Gasteiger partial charge in [-0.3, -0.25) is 9.10 Å². The molecule has 1 aliphatic rings. The average molecular weight is 487 g/mol. The van der Waals surface area contributed by atoms with Crippen LogP contribution in [-0.2, 0) is 20.6 Å². The van der Waals surface area contributed by atoms with Crippen molar-refractivity contribution in [2.45, 2.75) is 17.6 Å². The number of nitrogens with one attached hydrogen (secondary N) is 1. The predicted molar refractivity (Wildman–Crippen MR) is 132 cm³/mol. The number of sulfonamides is 1. The summed E-state index contributed by atoms with van der Waals surface area (Å²) in [7, 11) is -3.83. The zero-order valence-electron chi connectivity index (χ0n) is 17.5. The van der Waals surface area contributed by atoms with E-state index in [1.54, 1.807) is 36.0 Å². The lowest BCUT2D eigenvalue weighted by Gasteiger charge is -2.31. The van der Waals surface area contributed by atoms with E-state index >= 15 is 0 Å². The first-order chi connectivity index (χ1) is 15.4. The van der Waals surface area contributed by atoms with Crippen LogP contribution >= 0.6 is 23.4 Å². The van der Waals surface area contributed by atoms with Crippen LogP contribution in [0.15, 0.2) is 71.6 Å². The highest BCUT2D eigenvalue weighted by atomic mass is 35.5. The van der Waals surface area contributed by atoms with E-state index in [0.29, 0.717) is 23.5 Å². The Labute approximate surface area is 197 Å². The summed E-state index contributed by atoms with van der Waals surface area (Å²) in [5.74, 6) is 1.11. The molecule has 1 amide bonds. The number of carbonyl (C=O) groups excluding carboxylic acids is 1. The maximum absolute atomic E-state index is 13.3. The molecule has 4 rings (SSSR count). The van der Waals surface area contributed by atoms with Gasteiger partial charge in [-0.05, 0) is 36.8 Å². The van der Waals surface area contributed by atoms with Crippen molar-refractivity contribution in [2.75, 3.05) is 23.1 Å². The third kappa shape index (κ3) is 4.65. The number of hydrogen-bond donors (Lipinski definition) is 1. The van der Waals surface area contributed by atoms with Crippen LogP contribution in [0.5, 0.6) is 0 Å². The zero-order valence-corrected chi connectivity index (χ0v) is 19.9. The fraction of sp³-hybridized carbons (Fsp3) is 0.208. The number of rotatable bonds is 7. The number of carbonyl (C=O) groups is 1. The van der Waals surface area contributed by atoms with Crippen LogP contribution in [-0.4, -0.2) is 33.2 Å². The minimum Gasteiger partial charge on any atom is -0.354 e. The molecule has 1 heterocycles. The van der Waals surface area contributed by atoms with Crippen molar-refractivity contribution in [3.05, 3.63) is 82.9 Å². The molecule has 0 unspecified atom stereocenters. The van der Waals surface area contributed by atoms with Crippen LogP contribution in [0.25, 0.3) is 11.1 Å². The Morgan fingerprint density at radius 2 is 1.78 bits per heavy atom. The molecular formula is C24H23ClN2O3S2. The number of anilines is 1. The number of nitrogens with zero attached hydrogens (tertiary/aromatic N) is 1.